The first-order chi connectivity index (χ1) is 10.8. The highest BCUT2D eigenvalue weighted by Crippen LogP contribution is 2.38. The van der Waals surface area contributed by atoms with Gasteiger partial charge in [-0.25, -0.2) is 0 Å². The number of benzene rings is 1. The molecule has 23 heavy (non-hydrogen) atoms. The molecule has 5 heteroatoms. The van der Waals surface area contributed by atoms with E-state index in [4.69, 9.17) is 0 Å². The number of carbonyl (C=O) groups excluding carboxylic acids is 2. The van der Waals surface area contributed by atoms with Gasteiger partial charge >= 0.3 is 0 Å². The zero-order chi connectivity index (χ0) is 17.2. The van der Waals surface area contributed by atoms with Gasteiger partial charge in [0.25, 0.3) is 5.91 Å². The van der Waals surface area contributed by atoms with Crippen LogP contribution in [0.4, 0.5) is 5.69 Å². The average molecular weight is 315 g/mol. The number of nitrogens with one attached hydrogen (secondary N) is 1. The van der Waals surface area contributed by atoms with E-state index in [0.717, 1.165) is 23.2 Å². The fraction of sp³-hybridized carbons (Fsp3) is 0.444. The summed E-state index contributed by atoms with van der Waals surface area (Å²) in [5, 5.41) is 3.22. The van der Waals surface area contributed by atoms with Gasteiger partial charge < -0.3 is 15.1 Å². The molecule has 1 heterocycles. The van der Waals surface area contributed by atoms with Crippen LogP contribution >= 0.6 is 0 Å². The summed E-state index contributed by atoms with van der Waals surface area (Å²) in [7, 11) is 1.82. The van der Waals surface area contributed by atoms with Gasteiger partial charge in [-0.15, -0.1) is 0 Å². The monoisotopic (exact) mass is 315 g/mol. The van der Waals surface area contributed by atoms with Gasteiger partial charge in [0.1, 0.15) is 0 Å². The van der Waals surface area contributed by atoms with E-state index in [1.807, 2.05) is 46.0 Å². The Bertz CT molecular complexity index is 637. The number of anilines is 1. The van der Waals surface area contributed by atoms with Crippen molar-refractivity contribution in [1.82, 2.24) is 9.80 Å². The van der Waals surface area contributed by atoms with Crippen LogP contribution in [0.2, 0.25) is 0 Å². The minimum atomic E-state index is -0.294. The largest absolute Gasteiger partial charge is 0.368 e. The molecule has 0 aromatic heterocycles. The van der Waals surface area contributed by atoms with Gasteiger partial charge in [-0.2, -0.15) is 0 Å². The van der Waals surface area contributed by atoms with Crippen molar-refractivity contribution >= 4 is 17.5 Å². The van der Waals surface area contributed by atoms with Gasteiger partial charge in [-0.1, -0.05) is 19.6 Å². The standard InChI is InChI=1S/C18H25N3O2/c1-6-10-21(16(22)7-2)12-19-13-8-9-15-14(11-13)17(23)20(5)18(15,3)4/h7-9,11,19H,2,6,10,12H2,1,3-5H3. The van der Waals surface area contributed by atoms with Crippen LogP contribution < -0.4 is 5.32 Å². The lowest BCUT2D eigenvalue weighted by Gasteiger charge is -2.28. The Morgan fingerprint density at radius 1 is 1.43 bits per heavy atom. The second-order valence-electron chi connectivity index (χ2n) is 6.32. The molecule has 0 radical (unpaired) electrons. The summed E-state index contributed by atoms with van der Waals surface area (Å²) >= 11 is 0. The lowest BCUT2D eigenvalue weighted by molar-refractivity contribution is -0.125. The Kier molecular flexibility index (Phi) is 4.78. The summed E-state index contributed by atoms with van der Waals surface area (Å²) in [5.74, 6) is -0.0707. The van der Waals surface area contributed by atoms with Crippen molar-refractivity contribution in [2.75, 3.05) is 25.6 Å². The highest BCUT2D eigenvalue weighted by Gasteiger charge is 2.40. The Morgan fingerprint density at radius 3 is 2.74 bits per heavy atom. The number of carbonyl (C=O) groups is 2. The van der Waals surface area contributed by atoms with Crippen LogP contribution in [0, 0.1) is 0 Å². The molecule has 0 aliphatic carbocycles. The molecular formula is C18H25N3O2. The predicted octanol–water partition coefficient (Wildman–Crippen LogP) is 2.80. The summed E-state index contributed by atoms with van der Waals surface area (Å²) in [5.41, 5.74) is 2.29. The molecule has 2 rings (SSSR count). The van der Waals surface area contributed by atoms with Gasteiger partial charge in [-0.05, 0) is 44.0 Å². The van der Waals surface area contributed by atoms with E-state index in [1.165, 1.54) is 6.08 Å². The summed E-state index contributed by atoms with van der Waals surface area (Å²) < 4.78 is 0. The van der Waals surface area contributed by atoms with Crippen LogP contribution in [0.15, 0.2) is 30.9 Å². The van der Waals surface area contributed by atoms with E-state index in [0.29, 0.717) is 13.2 Å². The molecule has 0 fully saturated rings. The number of amides is 2. The quantitative estimate of drug-likeness (QED) is 0.649. The molecule has 1 aromatic carbocycles. The van der Waals surface area contributed by atoms with Crippen molar-refractivity contribution in [3.63, 3.8) is 0 Å². The molecule has 0 atom stereocenters. The van der Waals surface area contributed by atoms with Crippen molar-refractivity contribution in [3.8, 4) is 0 Å². The molecule has 1 aromatic rings. The number of nitrogens with zero attached hydrogens (tertiary/aromatic N) is 2. The summed E-state index contributed by atoms with van der Waals surface area (Å²) in [6.07, 6.45) is 2.20. The fourth-order valence-corrected chi connectivity index (χ4v) is 2.83. The van der Waals surface area contributed by atoms with Crippen LogP contribution in [0.25, 0.3) is 0 Å². The van der Waals surface area contributed by atoms with E-state index in [1.54, 1.807) is 9.80 Å². The second-order valence-corrected chi connectivity index (χ2v) is 6.32. The molecular weight excluding hydrogens is 290 g/mol. The predicted molar refractivity (Wildman–Crippen MR) is 92.3 cm³/mol. The number of hydrogen-bond donors (Lipinski definition) is 1. The summed E-state index contributed by atoms with van der Waals surface area (Å²) in [6.45, 7) is 10.7. The van der Waals surface area contributed by atoms with Crippen LogP contribution in [-0.2, 0) is 10.3 Å². The van der Waals surface area contributed by atoms with Gasteiger partial charge in [0, 0.05) is 24.8 Å². The Hall–Kier alpha value is -2.30. The molecule has 1 N–H and O–H groups in total. The van der Waals surface area contributed by atoms with Crippen LogP contribution in [-0.4, -0.2) is 41.9 Å². The topological polar surface area (TPSA) is 52.7 Å². The molecule has 0 bridgehead atoms. The number of fused-ring (bicyclic) bond motifs is 1. The lowest BCUT2D eigenvalue weighted by atomic mass is 9.94. The Balaban J connectivity index is 2.16. The normalized spacial score (nSPS) is 15.3. The van der Waals surface area contributed by atoms with E-state index in [2.05, 4.69) is 11.9 Å². The molecule has 0 saturated heterocycles. The number of hydrogen-bond acceptors (Lipinski definition) is 3. The zero-order valence-corrected chi connectivity index (χ0v) is 14.3. The van der Waals surface area contributed by atoms with E-state index in [-0.39, 0.29) is 17.4 Å². The molecule has 124 valence electrons. The maximum absolute atomic E-state index is 12.4. The summed E-state index contributed by atoms with van der Waals surface area (Å²) in [4.78, 5) is 27.6. The van der Waals surface area contributed by atoms with Crippen molar-refractivity contribution in [3.05, 3.63) is 42.0 Å². The van der Waals surface area contributed by atoms with Crippen LogP contribution in [0.1, 0.15) is 43.1 Å². The van der Waals surface area contributed by atoms with Gasteiger partial charge in [0.15, 0.2) is 0 Å². The van der Waals surface area contributed by atoms with Crippen LogP contribution in [0.5, 0.6) is 0 Å². The Labute approximate surface area is 138 Å². The molecule has 0 spiro atoms. The van der Waals surface area contributed by atoms with Crippen molar-refractivity contribution in [2.45, 2.75) is 32.7 Å². The molecule has 2 amide bonds. The van der Waals surface area contributed by atoms with Crippen molar-refractivity contribution < 1.29 is 9.59 Å². The van der Waals surface area contributed by atoms with Gasteiger partial charge in [0.2, 0.25) is 5.91 Å². The SMILES string of the molecule is C=CC(=O)N(CCC)CNc1ccc2c(c1)C(=O)N(C)C2(C)C. The third-order valence-electron chi connectivity index (χ3n) is 4.51. The van der Waals surface area contributed by atoms with Gasteiger partial charge in [-0.3, -0.25) is 9.59 Å². The van der Waals surface area contributed by atoms with Crippen molar-refractivity contribution in [1.29, 1.82) is 0 Å². The average Bonchev–Trinajstić information content (AvgIpc) is 2.71. The molecule has 1 aliphatic heterocycles. The Morgan fingerprint density at radius 2 is 2.13 bits per heavy atom. The minimum absolute atomic E-state index is 0.0289. The van der Waals surface area contributed by atoms with Crippen LogP contribution in [0.3, 0.4) is 0 Å². The third-order valence-corrected chi connectivity index (χ3v) is 4.51. The van der Waals surface area contributed by atoms with E-state index < -0.39 is 0 Å². The third kappa shape index (κ3) is 3.09. The molecule has 0 unspecified atom stereocenters. The zero-order valence-electron chi connectivity index (χ0n) is 14.3. The first-order valence-corrected chi connectivity index (χ1v) is 7.90. The van der Waals surface area contributed by atoms with Gasteiger partial charge in [0.05, 0.1) is 12.2 Å². The highest BCUT2D eigenvalue weighted by atomic mass is 16.2. The second kappa shape index (κ2) is 6.44. The maximum Gasteiger partial charge on any atom is 0.254 e. The fourth-order valence-electron chi connectivity index (χ4n) is 2.83. The molecule has 5 nitrogen and oxygen atoms in total. The first kappa shape index (κ1) is 17.1. The van der Waals surface area contributed by atoms with E-state index >= 15 is 0 Å². The lowest BCUT2D eigenvalue weighted by Crippen LogP contribution is -2.35. The van der Waals surface area contributed by atoms with E-state index in [9.17, 15) is 9.59 Å². The molecule has 0 saturated carbocycles. The smallest absolute Gasteiger partial charge is 0.254 e. The minimum Gasteiger partial charge on any atom is -0.368 e. The van der Waals surface area contributed by atoms with Crippen molar-refractivity contribution in [2.24, 2.45) is 0 Å². The maximum atomic E-state index is 12.4. The number of rotatable bonds is 6. The summed E-state index contributed by atoms with van der Waals surface area (Å²) in [6, 6.07) is 5.81. The highest BCUT2D eigenvalue weighted by molar-refractivity contribution is 6.00. The molecule has 1 aliphatic rings. The first-order valence-electron chi connectivity index (χ1n) is 7.90.